The second-order valence-electron chi connectivity index (χ2n) is 9.56. The summed E-state index contributed by atoms with van der Waals surface area (Å²) in [6.07, 6.45) is 2.05. The maximum atomic E-state index is 13.5. The lowest BCUT2D eigenvalue weighted by Crippen LogP contribution is -2.38. The van der Waals surface area contributed by atoms with Crippen LogP contribution >= 0.6 is 0 Å². The summed E-state index contributed by atoms with van der Waals surface area (Å²) in [6, 6.07) is 25.1. The number of anilines is 2. The van der Waals surface area contributed by atoms with Crippen LogP contribution in [0.3, 0.4) is 0 Å². The highest BCUT2D eigenvalue weighted by atomic mass is 16.6. The third-order valence-electron chi connectivity index (χ3n) is 6.93. The van der Waals surface area contributed by atoms with E-state index in [0.717, 1.165) is 33.4 Å². The van der Waals surface area contributed by atoms with Gasteiger partial charge in [0.2, 0.25) is 0 Å². The quantitative estimate of drug-likeness (QED) is 0.379. The van der Waals surface area contributed by atoms with E-state index in [9.17, 15) is 9.59 Å². The number of rotatable bonds is 3. The normalized spacial score (nSPS) is 19.1. The molecule has 174 valence electrons. The minimum absolute atomic E-state index is 0.0557. The number of pyridine rings is 1. The fourth-order valence-corrected chi connectivity index (χ4v) is 5.35. The van der Waals surface area contributed by atoms with Crippen molar-refractivity contribution in [1.29, 1.82) is 0 Å². The van der Waals surface area contributed by atoms with Crippen LogP contribution < -0.4 is 9.80 Å². The smallest absolute Gasteiger partial charge is 0.415 e. The van der Waals surface area contributed by atoms with Crippen LogP contribution in [0.4, 0.5) is 16.2 Å². The summed E-state index contributed by atoms with van der Waals surface area (Å²) in [5.41, 5.74) is 4.26. The van der Waals surface area contributed by atoms with E-state index in [4.69, 9.17) is 4.74 Å². The van der Waals surface area contributed by atoms with E-state index in [1.165, 1.54) is 0 Å². The Hall–Kier alpha value is -4.19. The zero-order chi connectivity index (χ0) is 24.2. The Kier molecular flexibility index (Phi) is 4.85. The predicted molar refractivity (Wildman–Crippen MR) is 136 cm³/mol. The maximum absolute atomic E-state index is 13.5. The number of para-hydroxylation sites is 1. The number of carbonyl (C=O) groups excluding carboxylic acids is 2. The molecule has 0 saturated carbocycles. The number of amides is 2. The molecular formula is C29H25N3O3. The molecule has 3 aromatic carbocycles. The Morgan fingerprint density at radius 2 is 1.74 bits per heavy atom. The summed E-state index contributed by atoms with van der Waals surface area (Å²) in [7, 11) is 0. The molecule has 1 fully saturated rings. The highest BCUT2D eigenvalue weighted by molar-refractivity contribution is 6.12. The molecule has 2 amide bonds. The van der Waals surface area contributed by atoms with Gasteiger partial charge in [0.15, 0.2) is 0 Å². The average molecular weight is 464 g/mol. The van der Waals surface area contributed by atoms with Crippen LogP contribution in [0.25, 0.3) is 10.9 Å². The molecule has 6 rings (SSSR count). The molecular weight excluding hydrogens is 438 g/mol. The van der Waals surface area contributed by atoms with Gasteiger partial charge in [-0.05, 0) is 61.7 Å². The number of aromatic nitrogens is 1. The molecule has 1 atom stereocenters. The van der Waals surface area contributed by atoms with Gasteiger partial charge in [-0.25, -0.2) is 4.79 Å². The summed E-state index contributed by atoms with van der Waals surface area (Å²) in [6.45, 7) is 4.41. The number of cyclic esters (lactones) is 1. The van der Waals surface area contributed by atoms with Crippen molar-refractivity contribution in [2.75, 3.05) is 16.3 Å². The number of carbonyl (C=O) groups is 2. The van der Waals surface area contributed by atoms with Gasteiger partial charge in [-0.3, -0.25) is 14.7 Å². The Morgan fingerprint density at radius 3 is 2.57 bits per heavy atom. The van der Waals surface area contributed by atoms with Crippen molar-refractivity contribution in [3.8, 4) is 0 Å². The second kappa shape index (κ2) is 7.94. The monoisotopic (exact) mass is 463 g/mol. The van der Waals surface area contributed by atoms with Crippen molar-refractivity contribution < 1.29 is 14.3 Å². The van der Waals surface area contributed by atoms with Gasteiger partial charge in [-0.1, -0.05) is 48.5 Å². The van der Waals surface area contributed by atoms with Crippen molar-refractivity contribution in [2.45, 2.75) is 31.9 Å². The Morgan fingerprint density at radius 1 is 0.943 bits per heavy atom. The lowest BCUT2D eigenvalue weighted by atomic mass is 9.90. The summed E-state index contributed by atoms with van der Waals surface area (Å²) in [5.74, 6) is -0.0557. The Balaban J connectivity index is 1.37. The highest BCUT2D eigenvalue weighted by Crippen LogP contribution is 2.44. The van der Waals surface area contributed by atoms with Crippen LogP contribution in [0.1, 0.15) is 41.4 Å². The molecule has 2 aliphatic rings. The SMILES string of the molecule is CC1(C)OC(=O)N(c2ccc3c(c2)CCN(c2cccc4cccnc24)C3=O)C1c1ccccc1. The molecule has 1 unspecified atom stereocenters. The molecule has 2 aliphatic heterocycles. The number of nitrogens with zero attached hydrogens (tertiary/aromatic N) is 3. The van der Waals surface area contributed by atoms with Crippen molar-refractivity contribution in [3.63, 3.8) is 0 Å². The largest absolute Gasteiger partial charge is 0.441 e. The van der Waals surface area contributed by atoms with Gasteiger partial charge in [0, 0.05) is 29.4 Å². The third-order valence-corrected chi connectivity index (χ3v) is 6.93. The lowest BCUT2D eigenvalue weighted by Gasteiger charge is -2.32. The fourth-order valence-electron chi connectivity index (χ4n) is 5.35. The predicted octanol–water partition coefficient (Wildman–Crippen LogP) is 5.91. The number of hydrogen-bond donors (Lipinski definition) is 0. The number of fused-ring (bicyclic) bond motifs is 2. The van der Waals surface area contributed by atoms with Crippen molar-refractivity contribution in [3.05, 3.63) is 102 Å². The van der Waals surface area contributed by atoms with Crippen molar-refractivity contribution >= 4 is 34.3 Å². The molecule has 3 heterocycles. The van der Waals surface area contributed by atoms with Crippen molar-refractivity contribution in [2.24, 2.45) is 0 Å². The van der Waals surface area contributed by atoms with Gasteiger partial charge in [0.1, 0.15) is 11.6 Å². The molecule has 0 radical (unpaired) electrons. The Labute approximate surface area is 203 Å². The summed E-state index contributed by atoms with van der Waals surface area (Å²) >= 11 is 0. The van der Waals surface area contributed by atoms with E-state index in [0.29, 0.717) is 18.5 Å². The molecule has 6 nitrogen and oxygen atoms in total. The van der Waals surface area contributed by atoms with E-state index in [1.54, 1.807) is 16.0 Å². The summed E-state index contributed by atoms with van der Waals surface area (Å²) in [4.78, 5) is 34.6. The van der Waals surface area contributed by atoms with Crippen LogP contribution in [0, 0.1) is 0 Å². The van der Waals surface area contributed by atoms with Crippen LogP contribution in [0.15, 0.2) is 85.1 Å². The van der Waals surface area contributed by atoms with Gasteiger partial charge in [0.25, 0.3) is 5.91 Å². The zero-order valence-corrected chi connectivity index (χ0v) is 19.6. The maximum Gasteiger partial charge on any atom is 0.415 e. The Bertz CT molecular complexity index is 1460. The molecule has 6 heteroatoms. The minimum atomic E-state index is -0.692. The number of ether oxygens (including phenoxy) is 1. The van der Waals surface area contributed by atoms with Gasteiger partial charge in [-0.2, -0.15) is 0 Å². The number of hydrogen-bond acceptors (Lipinski definition) is 4. The first kappa shape index (κ1) is 21.4. The highest BCUT2D eigenvalue weighted by Gasteiger charge is 2.49. The van der Waals surface area contributed by atoms with Gasteiger partial charge >= 0.3 is 6.09 Å². The second-order valence-corrected chi connectivity index (χ2v) is 9.56. The molecule has 1 saturated heterocycles. The summed E-state index contributed by atoms with van der Waals surface area (Å²) < 4.78 is 5.77. The molecule has 4 aromatic rings. The fraction of sp³-hybridized carbons (Fsp3) is 0.207. The first-order chi connectivity index (χ1) is 16.9. The van der Waals surface area contributed by atoms with E-state index in [1.807, 2.05) is 92.7 Å². The minimum Gasteiger partial charge on any atom is -0.441 e. The molecule has 35 heavy (non-hydrogen) atoms. The molecule has 1 aromatic heterocycles. The van der Waals surface area contributed by atoms with Gasteiger partial charge in [-0.15, -0.1) is 0 Å². The van der Waals surface area contributed by atoms with Crippen LogP contribution in [-0.2, 0) is 11.2 Å². The van der Waals surface area contributed by atoms with Crippen molar-refractivity contribution in [1.82, 2.24) is 4.98 Å². The van der Waals surface area contributed by atoms with E-state index < -0.39 is 5.60 Å². The molecule has 0 bridgehead atoms. The van der Waals surface area contributed by atoms with E-state index >= 15 is 0 Å². The molecule has 0 spiro atoms. The molecule has 0 aliphatic carbocycles. The van der Waals surface area contributed by atoms with Crippen LogP contribution in [0.5, 0.6) is 0 Å². The van der Waals surface area contributed by atoms with E-state index in [-0.39, 0.29) is 18.0 Å². The third kappa shape index (κ3) is 3.44. The summed E-state index contributed by atoms with van der Waals surface area (Å²) in [5, 5.41) is 1.00. The number of benzene rings is 3. The van der Waals surface area contributed by atoms with Crippen LogP contribution in [0.2, 0.25) is 0 Å². The topological polar surface area (TPSA) is 62.7 Å². The first-order valence-corrected chi connectivity index (χ1v) is 11.8. The first-order valence-electron chi connectivity index (χ1n) is 11.8. The molecule has 0 N–H and O–H groups in total. The van der Waals surface area contributed by atoms with Crippen LogP contribution in [-0.4, -0.2) is 29.1 Å². The van der Waals surface area contributed by atoms with Gasteiger partial charge in [0.05, 0.1) is 11.2 Å². The van der Waals surface area contributed by atoms with E-state index in [2.05, 4.69) is 4.98 Å². The lowest BCUT2D eigenvalue weighted by molar-refractivity contribution is 0.0685. The standard InChI is InChI=1S/C29H25N3O3/c1-29(2)26(20-8-4-3-5-9-20)32(28(34)35-29)22-13-14-23-21(18-22)15-17-31(27(23)33)24-12-6-10-19-11-7-16-30-25(19)24/h3-14,16,18,26H,15,17H2,1-2H3. The van der Waals surface area contributed by atoms with Gasteiger partial charge < -0.3 is 9.64 Å². The average Bonchev–Trinajstić information content (AvgIpc) is 3.12. The zero-order valence-electron chi connectivity index (χ0n) is 19.6.